The molecule has 1 heteroatoms. The molecule has 56 valence electrons. The van der Waals surface area contributed by atoms with E-state index < -0.39 is 0 Å². The first kappa shape index (κ1) is 7.52. The second-order valence-corrected chi connectivity index (χ2v) is 3.84. The highest BCUT2D eigenvalue weighted by Gasteiger charge is 2.22. The average molecular weight is 137 g/mol. The lowest BCUT2D eigenvalue weighted by Gasteiger charge is -2.27. The number of hydrogen-bond donors (Lipinski definition) is 0. The summed E-state index contributed by atoms with van der Waals surface area (Å²) in [5.41, 5.74) is 0.321. The summed E-state index contributed by atoms with van der Waals surface area (Å²) in [5, 5.41) is 0. The Hall–Kier alpha value is -0.590. The van der Waals surface area contributed by atoms with Gasteiger partial charge in [0.15, 0.2) is 0 Å². The van der Waals surface area contributed by atoms with Crippen molar-refractivity contribution in [2.75, 3.05) is 0 Å². The van der Waals surface area contributed by atoms with E-state index in [1.807, 2.05) is 12.3 Å². The maximum atomic E-state index is 4.39. The molecule has 10 heavy (non-hydrogen) atoms. The Morgan fingerprint density at radius 3 is 2.40 bits per heavy atom. The zero-order valence-electron chi connectivity index (χ0n) is 6.96. The molecule has 0 saturated heterocycles. The minimum absolute atomic E-state index is 0.321. The van der Waals surface area contributed by atoms with Crippen molar-refractivity contribution < 1.29 is 0 Å². The third-order valence-corrected chi connectivity index (χ3v) is 1.85. The molecule has 1 nitrogen and oxygen atoms in total. The first-order valence-electron chi connectivity index (χ1n) is 3.79. The summed E-state index contributed by atoms with van der Waals surface area (Å²) >= 11 is 0. The van der Waals surface area contributed by atoms with E-state index in [1.54, 1.807) is 0 Å². The maximum Gasteiger partial charge on any atom is 0.0582 e. The Kier molecular flexibility index (Phi) is 1.93. The van der Waals surface area contributed by atoms with Crippen molar-refractivity contribution in [3.63, 3.8) is 0 Å². The Bertz CT molecular complexity index is 160. The van der Waals surface area contributed by atoms with Crippen LogP contribution in [0.4, 0.5) is 0 Å². The fourth-order valence-electron chi connectivity index (χ4n) is 1.06. The highest BCUT2D eigenvalue weighted by Crippen LogP contribution is 2.25. The van der Waals surface area contributed by atoms with Crippen LogP contribution in [-0.4, -0.2) is 12.3 Å². The van der Waals surface area contributed by atoms with Gasteiger partial charge in [-0.15, -0.1) is 0 Å². The predicted octanol–water partition coefficient (Wildman–Crippen LogP) is 2.43. The Morgan fingerprint density at radius 1 is 1.40 bits per heavy atom. The molecule has 1 unspecified atom stereocenters. The van der Waals surface area contributed by atoms with E-state index in [9.17, 15) is 0 Å². The van der Waals surface area contributed by atoms with Crippen LogP contribution in [0, 0.1) is 5.41 Å². The van der Waals surface area contributed by atoms with Crippen LogP contribution in [0.2, 0.25) is 0 Å². The summed E-state index contributed by atoms with van der Waals surface area (Å²) in [4.78, 5) is 4.39. The summed E-state index contributed by atoms with van der Waals surface area (Å²) in [6.45, 7) is 6.69. The SMILES string of the molecule is CC(C)(C)C1CC=CC=N1. The van der Waals surface area contributed by atoms with E-state index in [4.69, 9.17) is 0 Å². The lowest BCUT2D eigenvalue weighted by Crippen LogP contribution is -2.24. The van der Waals surface area contributed by atoms with E-state index in [1.165, 1.54) is 0 Å². The fraction of sp³-hybridized carbons (Fsp3) is 0.667. The molecule has 0 aliphatic carbocycles. The number of hydrogen-bond acceptors (Lipinski definition) is 1. The van der Waals surface area contributed by atoms with Gasteiger partial charge in [0.05, 0.1) is 6.04 Å². The number of rotatable bonds is 0. The molecule has 0 saturated carbocycles. The second kappa shape index (κ2) is 2.57. The molecule has 0 aromatic carbocycles. The van der Waals surface area contributed by atoms with Crippen LogP contribution in [-0.2, 0) is 0 Å². The standard InChI is InChI=1S/C9H15N/c1-9(2,3)8-6-4-5-7-10-8/h4-5,7-8H,6H2,1-3H3. The molecule has 0 aromatic heterocycles. The summed E-state index contributed by atoms with van der Waals surface area (Å²) in [7, 11) is 0. The summed E-state index contributed by atoms with van der Waals surface area (Å²) in [5.74, 6) is 0. The van der Waals surface area contributed by atoms with E-state index in [0.717, 1.165) is 6.42 Å². The van der Waals surface area contributed by atoms with Gasteiger partial charge in [-0.2, -0.15) is 0 Å². The van der Waals surface area contributed by atoms with Crippen LogP contribution >= 0.6 is 0 Å². The smallest absolute Gasteiger partial charge is 0.0582 e. The molecular formula is C9H15N. The summed E-state index contributed by atoms with van der Waals surface area (Å²) < 4.78 is 0. The Balaban J connectivity index is 2.60. The van der Waals surface area contributed by atoms with Gasteiger partial charge in [0.1, 0.15) is 0 Å². The molecule has 1 aliphatic rings. The Morgan fingerprint density at radius 2 is 2.10 bits per heavy atom. The van der Waals surface area contributed by atoms with Gasteiger partial charge < -0.3 is 0 Å². The number of dihydropyridines is 1. The molecule has 0 amide bonds. The molecule has 1 rings (SSSR count). The number of allylic oxidation sites excluding steroid dienone is 1. The molecule has 0 N–H and O–H groups in total. The molecule has 0 bridgehead atoms. The van der Waals surface area contributed by atoms with Crippen molar-refractivity contribution in [2.24, 2.45) is 10.4 Å². The first-order chi connectivity index (χ1) is 4.61. The van der Waals surface area contributed by atoms with Gasteiger partial charge >= 0.3 is 0 Å². The van der Waals surface area contributed by atoms with Crippen molar-refractivity contribution in [3.8, 4) is 0 Å². The van der Waals surface area contributed by atoms with Crippen molar-refractivity contribution >= 4 is 6.21 Å². The van der Waals surface area contributed by atoms with Crippen molar-refractivity contribution in [1.29, 1.82) is 0 Å². The molecule has 1 aliphatic heterocycles. The van der Waals surface area contributed by atoms with Crippen LogP contribution in [0.5, 0.6) is 0 Å². The minimum Gasteiger partial charge on any atom is -0.289 e. The molecule has 0 radical (unpaired) electrons. The molecule has 1 atom stereocenters. The zero-order chi connectivity index (χ0) is 7.61. The van der Waals surface area contributed by atoms with Crippen molar-refractivity contribution in [3.05, 3.63) is 12.2 Å². The van der Waals surface area contributed by atoms with Gasteiger partial charge in [0, 0.05) is 6.21 Å². The molecule has 0 aromatic rings. The monoisotopic (exact) mass is 137 g/mol. The largest absolute Gasteiger partial charge is 0.289 e. The van der Waals surface area contributed by atoms with Gasteiger partial charge in [-0.05, 0) is 17.9 Å². The molecular weight excluding hydrogens is 122 g/mol. The minimum atomic E-state index is 0.321. The molecule has 0 fully saturated rings. The van der Waals surface area contributed by atoms with Gasteiger partial charge in [-0.25, -0.2) is 0 Å². The first-order valence-corrected chi connectivity index (χ1v) is 3.79. The third-order valence-electron chi connectivity index (χ3n) is 1.85. The van der Waals surface area contributed by atoms with E-state index in [2.05, 4.69) is 31.8 Å². The van der Waals surface area contributed by atoms with Crippen LogP contribution in [0.1, 0.15) is 27.2 Å². The maximum absolute atomic E-state index is 4.39. The molecule has 1 heterocycles. The van der Waals surface area contributed by atoms with Gasteiger partial charge in [0.25, 0.3) is 0 Å². The zero-order valence-corrected chi connectivity index (χ0v) is 6.96. The topological polar surface area (TPSA) is 12.4 Å². The average Bonchev–Trinajstić information content (AvgIpc) is 1.88. The van der Waals surface area contributed by atoms with Crippen LogP contribution < -0.4 is 0 Å². The van der Waals surface area contributed by atoms with Crippen LogP contribution in [0.25, 0.3) is 0 Å². The fourth-order valence-corrected chi connectivity index (χ4v) is 1.06. The van der Waals surface area contributed by atoms with Gasteiger partial charge in [-0.1, -0.05) is 26.8 Å². The summed E-state index contributed by atoms with van der Waals surface area (Å²) in [6, 6.07) is 0.484. The van der Waals surface area contributed by atoms with E-state index in [0.29, 0.717) is 11.5 Å². The summed E-state index contributed by atoms with van der Waals surface area (Å²) in [6.07, 6.45) is 7.20. The number of aliphatic imine (C=N–C) groups is 1. The second-order valence-electron chi connectivity index (χ2n) is 3.84. The lowest BCUT2D eigenvalue weighted by atomic mass is 9.84. The van der Waals surface area contributed by atoms with Gasteiger partial charge in [-0.3, -0.25) is 4.99 Å². The predicted molar refractivity (Wildman–Crippen MR) is 45.5 cm³/mol. The third kappa shape index (κ3) is 1.69. The van der Waals surface area contributed by atoms with Crippen LogP contribution in [0.15, 0.2) is 17.1 Å². The normalized spacial score (nSPS) is 25.3. The van der Waals surface area contributed by atoms with Crippen molar-refractivity contribution in [1.82, 2.24) is 0 Å². The lowest BCUT2D eigenvalue weighted by molar-refractivity contribution is 0.323. The quantitative estimate of drug-likeness (QED) is 0.486. The van der Waals surface area contributed by atoms with E-state index in [-0.39, 0.29) is 0 Å². The number of nitrogens with zero attached hydrogens (tertiary/aromatic N) is 1. The van der Waals surface area contributed by atoms with Crippen LogP contribution in [0.3, 0.4) is 0 Å². The van der Waals surface area contributed by atoms with Crippen molar-refractivity contribution in [2.45, 2.75) is 33.2 Å². The van der Waals surface area contributed by atoms with Gasteiger partial charge in [0.2, 0.25) is 0 Å². The highest BCUT2D eigenvalue weighted by molar-refractivity contribution is 5.72. The van der Waals surface area contributed by atoms with E-state index >= 15 is 0 Å². The highest BCUT2D eigenvalue weighted by atomic mass is 14.8. The molecule has 0 spiro atoms. The Labute approximate surface area is 62.9 Å².